The Morgan fingerprint density at radius 2 is 2.00 bits per heavy atom. The van der Waals surface area contributed by atoms with Gasteiger partial charge in [-0.25, -0.2) is 4.79 Å². The number of carbonyl (C=O) groups excluding carboxylic acids is 2. The van der Waals surface area contributed by atoms with Crippen LogP contribution in [-0.2, 0) is 16.0 Å². The summed E-state index contributed by atoms with van der Waals surface area (Å²) in [6.07, 6.45) is 1.13. The third-order valence-electron chi connectivity index (χ3n) is 2.95. The molecule has 120 valence electrons. The maximum absolute atomic E-state index is 12.1. The van der Waals surface area contributed by atoms with Gasteiger partial charge in [-0.3, -0.25) is 4.79 Å². The highest BCUT2D eigenvalue weighted by molar-refractivity contribution is 6.30. The van der Waals surface area contributed by atoms with Gasteiger partial charge >= 0.3 is 11.7 Å². The van der Waals surface area contributed by atoms with E-state index in [2.05, 4.69) is 5.32 Å². The number of carbonyl (C=O) groups is 2. The van der Waals surface area contributed by atoms with Crippen molar-refractivity contribution in [1.29, 1.82) is 0 Å². The quantitative estimate of drug-likeness (QED) is 0.517. The molecular weight excluding hydrogens is 320 g/mol. The number of nitrogens with one attached hydrogen (secondary N) is 1. The van der Waals surface area contributed by atoms with E-state index in [-0.39, 0.29) is 35.3 Å². The monoisotopic (exact) mass is 334 g/mol. The molecule has 0 unspecified atom stereocenters. The lowest BCUT2D eigenvalue weighted by molar-refractivity contribution is -0.607. The first-order valence-corrected chi connectivity index (χ1v) is 7.32. The number of ether oxygens (including phenoxy) is 1. The largest absolute Gasteiger partial charge is 0.618 e. The number of hydrogen-bond donors (Lipinski definition) is 1. The molecule has 7 heteroatoms. The van der Waals surface area contributed by atoms with Crippen molar-refractivity contribution in [3.63, 3.8) is 0 Å². The van der Waals surface area contributed by atoms with Gasteiger partial charge in [0.05, 0.1) is 13.0 Å². The molecule has 0 saturated heterocycles. The van der Waals surface area contributed by atoms with E-state index < -0.39 is 5.97 Å². The maximum atomic E-state index is 12.1. The predicted octanol–water partition coefficient (Wildman–Crippen LogP) is 2.33. The first-order valence-electron chi connectivity index (χ1n) is 6.95. The molecule has 0 aliphatic rings. The van der Waals surface area contributed by atoms with Crippen LogP contribution in [0.2, 0.25) is 5.02 Å². The van der Waals surface area contributed by atoms with Crippen LogP contribution in [0.5, 0.6) is 0 Å². The third kappa shape index (κ3) is 4.43. The number of nitrogens with zero attached hydrogens (tertiary/aromatic N) is 1. The average molecular weight is 335 g/mol. The van der Waals surface area contributed by atoms with E-state index in [0.717, 1.165) is 11.8 Å². The number of benzene rings is 1. The van der Waals surface area contributed by atoms with Crippen molar-refractivity contribution in [3.05, 3.63) is 64.1 Å². The van der Waals surface area contributed by atoms with Crippen molar-refractivity contribution in [2.75, 3.05) is 11.9 Å². The second-order valence-electron chi connectivity index (χ2n) is 4.68. The standard InChI is InChI=1S/C16H15ClN2O4/c1-2-23-16(21)15-13(9-12(17)10-19(15)22)18-14(20)8-11-6-4-3-5-7-11/h3-7,9-10H,2,8H2,1H3,(H,18,20). The van der Waals surface area contributed by atoms with Crippen molar-refractivity contribution in [1.82, 2.24) is 0 Å². The number of esters is 1. The molecule has 1 aromatic carbocycles. The molecule has 0 aliphatic carbocycles. The molecule has 0 spiro atoms. The molecular formula is C16H15ClN2O4. The highest BCUT2D eigenvalue weighted by atomic mass is 35.5. The van der Waals surface area contributed by atoms with Crippen molar-refractivity contribution < 1.29 is 19.1 Å². The van der Waals surface area contributed by atoms with Crippen molar-refractivity contribution in [2.24, 2.45) is 0 Å². The number of hydrogen-bond acceptors (Lipinski definition) is 4. The van der Waals surface area contributed by atoms with Crippen molar-refractivity contribution in [2.45, 2.75) is 13.3 Å². The molecule has 2 rings (SSSR count). The van der Waals surface area contributed by atoms with Crippen LogP contribution < -0.4 is 10.0 Å². The number of rotatable bonds is 5. The van der Waals surface area contributed by atoms with E-state index in [1.54, 1.807) is 19.1 Å². The zero-order chi connectivity index (χ0) is 16.8. The van der Waals surface area contributed by atoms with Crippen LogP contribution in [0.15, 0.2) is 42.6 Å². The van der Waals surface area contributed by atoms with Crippen LogP contribution in [0.25, 0.3) is 0 Å². The summed E-state index contributed by atoms with van der Waals surface area (Å²) in [5, 5.41) is 14.5. The van der Waals surface area contributed by atoms with Gasteiger partial charge in [-0.2, -0.15) is 4.73 Å². The lowest BCUT2D eigenvalue weighted by Gasteiger charge is -2.11. The molecule has 0 atom stereocenters. The minimum Gasteiger partial charge on any atom is -0.618 e. The molecule has 0 bridgehead atoms. The minimum atomic E-state index is -0.825. The fraction of sp³-hybridized carbons (Fsp3) is 0.188. The summed E-state index contributed by atoms with van der Waals surface area (Å²) in [5.41, 5.74) is 0.518. The van der Waals surface area contributed by atoms with Crippen LogP contribution in [0.3, 0.4) is 0 Å². The minimum absolute atomic E-state index is 0.0203. The predicted molar refractivity (Wildman–Crippen MR) is 85.1 cm³/mol. The Hall–Kier alpha value is -2.60. The van der Waals surface area contributed by atoms with E-state index in [0.29, 0.717) is 4.73 Å². The highest BCUT2D eigenvalue weighted by Gasteiger charge is 2.25. The van der Waals surface area contributed by atoms with E-state index in [1.165, 1.54) is 6.07 Å². The lowest BCUT2D eigenvalue weighted by Crippen LogP contribution is -2.37. The molecule has 23 heavy (non-hydrogen) atoms. The van der Waals surface area contributed by atoms with Gasteiger partial charge in [0.2, 0.25) is 5.91 Å². The molecule has 0 radical (unpaired) electrons. The Morgan fingerprint density at radius 3 is 2.65 bits per heavy atom. The molecule has 0 aliphatic heterocycles. The number of halogens is 1. The summed E-state index contributed by atoms with van der Waals surface area (Å²) < 4.78 is 5.13. The zero-order valence-corrected chi connectivity index (χ0v) is 13.2. The highest BCUT2D eigenvalue weighted by Crippen LogP contribution is 2.18. The topological polar surface area (TPSA) is 82.3 Å². The average Bonchev–Trinajstić information content (AvgIpc) is 2.47. The van der Waals surface area contributed by atoms with Crippen molar-refractivity contribution >= 4 is 29.2 Å². The van der Waals surface area contributed by atoms with Gasteiger partial charge in [0, 0.05) is 0 Å². The van der Waals surface area contributed by atoms with Crippen LogP contribution in [0.4, 0.5) is 5.69 Å². The van der Waals surface area contributed by atoms with E-state index >= 15 is 0 Å². The number of amides is 1. The smallest absolute Gasteiger partial charge is 0.407 e. The summed E-state index contributed by atoms with van der Waals surface area (Å²) in [6, 6.07) is 10.4. The summed E-state index contributed by atoms with van der Waals surface area (Å²) >= 11 is 5.82. The van der Waals surface area contributed by atoms with Gasteiger partial charge in [0.15, 0.2) is 6.20 Å². The summed E-state index contributed by atoms with van der Waals surface area (Å²) in [4.78, 5) is 24.0. The zero-order valence-electron chi connectivity index (χ0n) is 12.4. The summed E-state index contributed by atoms with van der Waals surface area (Å²) in [7, 11) is 0. The second kappa shape index (κ2) is 7.60. The Balaban J connectivity index is 2.24. The molecule has 1 aromatic heterocycles. The van der Waals surface area contributed by atoms with Gasteiger partial charge in [-0.1, -0.05) is 41.9 Å². The number of aromatic nitrogens is 1. The number of pyridine rings is 1. The fourth-order valence-corrected chi connectivity index (χ4v) is 2.21. The van der Waals surface area contributed by atoms with E-state index in [4.69, 9.17) is 16.3 Å². The fourth-order valence-electron chi connectivity index (χ4n) is 2.01. The molecule has 0 fully saturated rings. The Kier molecular flexibility index (Phi) is 5.54. The van der Waals surface area contributed by atoms with Crippen LogP contribution in [0, 0.1) is 5.21 Å². The first kappa shape index (κ1) is 16.8. The maximum Gasteiger partial charge on any atom is 0.407 e. The number of anilines is 1. The molecule has 1 heterocycles. The second-order valence-corrected chi connectivity index (χ2v) is 5.11. The Morgan fingerprint density at radius 1 is 1.30 bits per heavy atom. The normalized spacial score (nSPS) is 10.2. The first-order chi connectivity index (χ1) is 11.0. The molecule has 1 N–H and O–H groups in total. The summed E-state index contributed by atoms with van der Waals surface area (Å²) in [5.74, 6) is -1.20. The van der Waals surface area contributed by atoms with Gasteiger partial charge < -0.3 is 15.3 Å². The molecule has 0 saturated carbocycles. The van der Waals surface area contributed by atoms with Gasteiger partial charge in [0.1, 0.15) is 10.7 Å². The van der Waals surface area contributed by atoms with Gasteiger partial charge in [-0.05, 0) is 18.6 Å². The van der Waals surface area contributed by atoms with Crippen LogP contribution in [0.1, 0.15) is 23.0 Å². The Labute approximate surface area is 138 Å². The van der Waals surface area contributed by atoms with E-state index in [1.807, 2.05) is 18.2 Å². The molecule has 6 nitrogen and oxygen atoms in total. The van der Waals surface area contributed by atoms with Crippen molar-refractivity contribution in [3.8, 4) is 0 Å². The third-order valence-corrected chi connectivity index (χ3v) is 3.16. The van der Waals surface area contributed by atoms with Crippen LogP contribution in [-0.4, -0.2) is 18.5 Å². The van der Waals surface area contributed by atoms with E-state index in [9.17, 15) is 14.8 Å². The SMILES string of the molecule is CCOC(=O)c1c(NC(=O)Cc2ccccc2)cc(Cl)c[n+]1[O-]. The van der Waals surface area contributed by atoms with Gasteiger partial charge in [0.25, 0.3) is 0 Å². The van der Waals surface area contributed by atoms with Gasteiger partial charge in [-0.15, -0.1) is 0 Å². The lowest BCUT2D eigenvalue weighted by atomic mass is 10.1. The molecule has 2 aromatic rings. The molecule has 1 amide bonds. The summed E-state index contributed by atoms with van der Waals surface area (Å²) in [6.45, 7) is 1.73. The van der Waals surface area contributed by atoms with Crippen LogP contribution >= 0.6 is 11.6 Å². The Bertz CT molecular complexity index is 720.